The van der Waals surface area contributed by atoms with Crippen LogP contribution in [0.1, 0.15) is 44.6 Å². The van der Waals surface area contributed by atoms with Gasteiger partial charge in [0.15, 0.2) is 0 Å². The highest BCUT2D eigenvalue weighted by Crippen LogP contribution is 2.30. The summed E-state index contributed by atoms with van der Waals surface area (Å²) in [5.74, 6) is -0.260. The molecule has 1 aromatic heterocycles. The number of ether oxygens (including phenoxy) is 1. The third-order valence-electron chi connectivity index (χ3n) is 5.11. The smallest absolute Gasteiger partial charge is 0.317 e. The lowest BCUT2D eigenvalue weighted by atomic mass is 9.90. The molecular formula is C18H25N3O4. The lowest BCUT2D eigenvalue weighted by Crippen LogP contribution is -2.40. The Labute approximate surface area is 147 Å². The maximum Gasteiger partial charge on any atom is 0.317 e. The molecule has 1 atom stereocenters. The van der Waals surface area contributed by atoms with Crippen LogP contribution < -0.4 is 10.1 Å². The maximum absolute atomic E-state index is 12.3. The van der Waals surface area contributed by atoms with Crippen LogP contribution in [-0.4, -0.2) is 46.2 Å². The van der Waals surface area contributed by atoms with Gasteiger partial charge in [0.2, 0.25) is 5.88 Å². The van der Waals surface area contributed by atoms with E-state index in [1.165, 1.54) is 12.8 Å². The quantitative estimate of drug-likeness (QED) is 0.853. The number of urea groups is 1. The van der Waals surface area contributed by atoms with Gasteiger partial charge >= 0.3 is 12.0 Å². The second-order valence-corrected chi connectivity index (χ2v) is 7.22. The third kappa shape index (κ3) is 4.21. The molecule has 1 aliphatic carbocycles. The molecule has 0 bridgehead atoms. The summed E-state index contributed by atoms with van der Waals surface area (Å²) < 4.78 is 5.88. The van der Waals surface area contributed by atoms with Crippen molar-refractivity contribution in [3.05, 3.63) is 23.9 Å². The summed E-state index contributed by atoms with van der Waals surface area (Å²) in [6.45, 7) is 2.74. The van der Waals surface area contributed by atoms with Gasteiger partial charge in [-0.2, -0.15) is 0 Å². The Bertz CT molecular complexity index is 645. The summed E-state index contributed by atoms with van der Waals surface area (Å²) in [4.78, 5) is 29.3. The third-order valence-corrected chi connectivity index (χ3v) is 5.11. The van der Waals surface area contributed by atoms with E-state index in [4.69, 9.17) is 4.74 Å². The van der Waals surface area contributed by atoms with Gasteiger partial charge in [-0.25, -0.2) is 9.78 Å². The first-order chi connectivity index (χ1) is 12.0. The fourth-order valence-corrected chi connectivity index (χ4v) is 3.40. The molecule has 7 nitrogen and oxygen atoms in total. The number of nitrogens with zero attached hydrogens (tertiary/aromatic N) is 2. The molecule has 3 rings (SSSR count). The number of pyridine rings is 1. The molecule has 0 radical (unpaired) electrons. The highest BCUT2D eigenvalue weighted by molar-refractivity contribution is 5.79. The summed E-state index contributed by atoms with van der Waals surface area (Å²) in [7, 11) is 0. The number of carboxylic acid groups (broad SMARTS) is 1. The predicted molar refractivity (Wildman–Crippen MR) is 91.3 cm³/mol. The van der Waals surface area contributed by atoms with E-state index in [1.807, 2.05) is 12.1 Å². The number of nitrogens with one attached hydrogen (secondary N) is 1. The number of likely N-dealkylation sites (tertiary alicyclic amines) is 1. The Balaban J connectivity index is 1.51. The first kappa shape index (κ1) is 17.5. The van der Waals surface area contributed by atoms with E-state index in [2.05, 4.69) is 10.3 Å². The van der Waals surface area contributed by atoms with Crippen LogP contribution in [0, 0.1) is 5.41 Å². The number of aromatic nitrogens is 1. The molecule has 1 saturated carbocycles. The number of carboxylic acids is 1. The highest BCUT2D eigenvalue weighted by Gasteiger charge is 2.42. The zero-order chi connectivity index (χ0) is 17.9. The number of hydrogen-bond donors (Lipinski definition) is 2. The van der Waals surface area contributed by atoms with Crippen LogP contribution in [0.3, 0.4) is 0 Å². The minimum atomic E-state index is -0.856. The molecule has 1 unspecified atom stereocenters. The van der Waals surface area contributed by atoms with Gasteiger partial charge in [0.1, 0.15) is 6.10 Å². The normalized spacial score (nSPS) is 23.6. The minimum absolute atomic E-state index is 0.236. The SMILES string of the molecule is CC1(C(=O)O)CCN(C(=O)NCc2ccnc(OC3CCCC3)c2)C1. The van der Waals surface area contributed by atoms with E-state index in [0.717, 1.165) is 18.4 Å². The Morgan fingerprint density at radius 2 is 2.20 bits per heavy atom. The Morgan fingerprint density at radius 1 is 1.44 bits per heavy atom. The first-order valence-corrected chi connectivity index (χ1v) is 8.84. The molecular weight excluding hydrogens is 322 g/mol. The van der Waals surface area contributed by atoms with Crippen molar-refractivity contribution in [3.63, 3.8) is 0 Å². The van der Waals surface area contributed by atoms with E-state index in [1.54, 1.807) is 18.0 Å². The number of hydrogen-bond acceptors (Lipinski definition) is 4. The van der Waals surface area contributed by atoms with Crippen molar-refractivity contribution in [2.24, 2.45) is 5.41 Å². The molecule has 1 aliphatic heterocycles. The number of amides is 2. The van der Waals surface area contributed by atoms with Crippen molar-refractivity contribution in [2.45, 2.75) is 51.7 Å². The summed E-state index contributed by atoms with van der Waals surface area (Å²) in [5, 5.41) is 12.1. The van der Waals surface area contributed by atoms with Crippen LogP contribution in [0.15, 0.2) is 18.3 Å². The van der Waals surface area contributed by atoms with Gasteiger partial charge in [0, 0.05) is 31.9 Å². The fraction of sp³-hybridized carbons (Fsp3) is 0.611. The van der Waals surface area contributed by atoms with Crippen LogP contribution in [0.4, 0.5) is 4.79 Å². The zero-order valence-corrected chi connectivity index (χ0v) is 14.5. The molecule has 1 aromatic rings. The van der Waals surface area contributed by atoms with Gasteiger partial charge in [-0.3, -0.25) is 4.79 Å². The molecule has 136 valence electrons. The molecule has 0 spiro atoms. The average Bonchev–Trinajstić information content (AvgIpc) is 3.23. The first-order valence-electron chi connectivity index (χ1n) is 8.84. The zero-order valence-electron chi connectivity index (χ0n) is 14.5. The molecule has 2 aliphatic rings. The monoisotopic (exact) mass is 347 g/mol. The molecule has 1 saturated heterocycles. The van der Waals surface area contributed by atoms with Crippen molar-refractivity contribution in [2.75, 3.05) is 13.1 Å². The summed E-state index contributed by atoms with van der Waals surface area (Å²) >= 11 is 0. The molecule has 2 heterocycles. The van der Waals surface area contributed by atoms with Crippen LogP contribution in [-0.2, 0) is 11.3 Å². The Morgan fingerprint density at radius 3 is 2.88 bits per heavy atom. The number of carbonyl (C=O) groups is 2. The predicted octanol–water partition coefficient (Wildman–Crippen LogP) is 2.41. The van der Waals surface area contributed by atoms with Crippen molar-refractivity contribution in [1.82, 2.24) is 15.2 Å². The lowest BCUT2D eigenvalue weighted by Gasteiger charge is -2.20. The van der Waals surface area contributed by atoms with E-state index in [0.29, 0.717) is 25.4 Å². The van der Waals surface area contributed by atoms with Crippen LogP contribution in [0.2, 0.25) is 0 Å². The standard InChI is InChI=1S/C18H25N3O4/c1-18(16(22)23)7-9-21(12-18)17(24)20-11-13-6-8-19-15(10-13)25-14-4-2-3-5-14/h6,8,10,14H,2-5,7,9,11-12H2,1H3,(H,20,24)(H,22,23). The van der Waals surface area contributed by atoms with Gasteiger partial charge < -0.3 is 20.1 Å². The second kappa shape index (κ2) is 7.29. The molecule has 2 N–H and O–H groups in total. The summed E-state index contributed by atoms with van der Waals surface area (Å²) in [5.41, 5.74) is 0.0626. The Hall–Kier alpha value is -2.31. The maximum atomic E-state index is 12.3. The van der Waals surface area contributed by atoms with Gasteiger partial charge in [0.05, 0.1) is 5.41 Å². The number of rotatable bonds is 5. The molecule has 2 amide bonds. The van der Waals surface area contributed by atoms with E-state index in [9.17, 15) is 14.7 Å². The minimum Gasteiger partial charge on any atom is -0.481 e. The topological polar surface area (TPSA) is 91.8 Å². The summed E-state index contributed by atoms with van der Waals surface area (Å²) in [6.07, 6.45) is 6.94. The van der Waals surface area contributed by atoms with E-state index in [-0.39, 0.29) is 18.7 Å². The van der Waals surface area contributed by atoms with E-state index >= 15 is 0 Å². The number of aliphatic carboxylic acids is 1. The van der Waals surface area contributed by atoms with Crippen molar-refractivity contribution in [3.8, 4) is 5.88 Å². The van der Waals surface area contributed by atoms with Crippen molar-refractivity contribution in [1.29, 1.82) is 0 Å². The molecule has 25 heavy (non-hydrogen) atoms. The average molecular weight is 347 g/mol. The lowest BCUT2D eigenvalue weighted by molar-refractivity contribution is -0.147. The molecule has 2 fully saturated rings. The van der Waals surface area contributed by atoms with Crippen LogP contribution >= 0.6 is 0 Å². The van der Waals surface area contributed by atoms with Gasteiger partial charge in [-0.15, -0.1) is 0 Å². The molecule has 0 aromatic carbocycles. The van der Waals surface area contributed by atoms with Crippen LogP contribution in [0.25, 0.3) is 0 Å². The fourth-order valence-electron chi connectivity index (χ4n) is 3.40. The van der Waals surface area contributed by atoms with Crippen molar-refractivity contribution < 1.29 is 19.4 Å². The highest BCUT2D eigenvalue weighted by atomic mass is 16.5. The number of carbonyl (C=O) groups excluding carboxylic acids is 1. The largest absolute Gasteiger partial charge is 0.481 e. The van der Waals surface area contributed by atoms with Gasteiger partial charge in [0.25, 0.3) is 0 Å². The Kier molecular flexibility index (Phi) is 5.11. The summed E-state index contributed by atoms with van der Waals surface area (Å²) in [6, 6.07) is 3.46. The van der Waals surface area contributed by atoms with E-state index < -0.39 is 11.4 Å². The van der Waals surface area contributed by atoms with Crippen molar-refractivity contribution >= 4 is 12.0 Å². The molecule has 7 heteroatoms. The van der Waals surface area contributed by atoms with Gasteiger partial charge in [-0.1, -0.05) is 0 Å². The van der Waals surface area contributed by atoms with Gasteiger partial charge in [-0.05, 0) is 50.7 Å². The van der Waals surface area contributed by atoms with Crippen LogP contribution in [0.5, 0.6) is 5.88 Å². The second-order valence-electron chi connectivity index (χ2n) is 7.22.